The maximum Gasteiger partial charge on any atom is 0.248 e. The first-order chi connectivity index (χ1) is 11.1. The molecule has 0 saturated heterocycles. The minimum atomic E-state index is -0.300. The zero-order valence-corrected chi connectivity index (χ0v) is 13.9. The SMILES string of the molecule is Cc1ccc(SCC(=O)NNc2nc3ccc(F)cc3s2)cc1. The summed E-state index contributed by atoms with van der Waals surface area (Å²) in [6, 6.07) is 12.4. The second-order valence-corrected chi connectivity index (χ2v) is 6.99. The number of thiazole rings is 1. The van der Waals surface area contributed by atoms with Gasteiger partial charge in [-0.15, -0.1) is 11.8 Å². The molecule has 4 nitrogen and oxygen atoms in total. The van der Waals surface area contributed by atoms with Crippen LogP contribution in [0.4, 0.5) is 9.52 Å². The normalized spacial score (nSPS) is 10.7. The average Bonchev–Trinajstić information content (AvgIpc) is 2.94. The van der Waals surface area contributed by atoms with Crippen LogP contribution in [0, 0.1) is 12.7 Å². The van der Waals surface area contributed by atoms with Crippen molar-refractivity contribution in [2.75, 3.05) is 11.2 Å². The Bertz CT molecular complexity index is 833. The number of thioether (sulfide) groups is 1. The molecular formula is C16H14FN3OS2. The minimum absolute atomic E-state index is 0.152. The van der Waals surface area contributed by atoms with Crippen LogP contribution < -0.4 is 10.9 Å². The third kappa shape index (κ3) is 4.20. The lowest BCUT2D eigenvalue weighted by molar-refractivity contribution is -0.118. The number of fused-ring (bicyclic) bond motifs is 1. The topological polar surface area (TPSA) is 54.0 Å². The average molecular weight is 347 g/mol. The standard InChI is InChI=1S/C16H14FN3OS2/c1-10-2-5-12(6-3-10)22-9-15(21)19-20-16-18-13-7-4-11(17)8-14(13)23-16/h2-8H,9H2,1H3,(H,18,20)(H,19,21). The van der Waals surface area contributed by atoms with Gasteiger partial charge in [-0.25, -0.2) is 9.37 Å². The highest BCUT2D eigenvalue weighted by Crippen LogP contribution is 2.26. The summed E-state index contributed by atoms with van der Waals surface area (Å²) in [7, 11) is 0. The van der Waals surface area contributed by atoms with Gasteiger partial charge in [-0.05, 0) is 37.3 Å². The van der Waals surface area contributed by atoms with Crippen molar-refractivity contribution in [3.8, 4) is 0 Å². The molecule has 0 fully saturated rings. The number of nitrogens with one attached hydrogen (secondary N) is 2. The van der Waals surface area contributed by atoms with Crippen LogP contribution in [0.3, 0.4) is 0 Å². The summed E-state index contributed by atoms with van der Waals surface area (Å²) < 4.78 is 13.9. The maximum atomic E-state index is 13.1. The fraction of sp³-hybridized carbons (Fsp3) is 0.125. The van der Waals surface area contributed by atoms with Gasteiger partial charge in [0, 0.05) is 4.90 Å². The van der Waals surface area contributed by atoms with Crippen molar-refractivity contribution < 1.29 is 9.18 Å². The highest BCUT2D eigenvalue weighted by atomic mass is 32.2. The third-order valence-electron chi connectivity index (χ3n) is 3.05. The Hall–Kier alpha value is -2.12. The molecule has 0 radical (unpaired) electrons. The van der Waals surface area contributed by atoms with E-state index in [9.17, 15) is 9.18 Å². The Balaban J connectivity index is 1.52. The van der Waals surface area contributed by atoms with Crippen molar-refractivity contribution in [3.63, 3.8) is 0 Å². The number of halogens is 1. The number of benzene rings is 2. The fourth-order valence-corrected chi connectivity index (χ4v) is 3.44. The summed E-state index contributed by atoms with van der Waals surface area (Å²) in [5.74, 6) is -0.150. The largest absolute Gasteiger partial charge is 0.273 e. The molecule has 0 aliphatic rings. The van der Waals surface area contributed by atoms with Crippen LogP contribution in [-0.4, -0.2) is 16.6 Å². The number of rotatable bonds is 5. The highest BCUT2D eigenvalue weighted by molar-refractivity contribution is 8.00. The zero-order chi connectivity index (χ0) is 16.2. The van der Waals surface area contributed by atoms with Crippen molar-refractivity contribution in [1.82, 2.24) is 10.4 Å². The van der Waals surface area contributed by atoms with Crippen LogP contribution in [-0.2, 0) is 4.79 Å². The first-order valence-corrected chi connectivity index (χ1v) is 8.71. The van der Waals surface area contributed by atoms with E-state index in [1.807, 2.05) is 31.2 Å². The number of hydrogen-bond donors (Lipinski definition) is 2. The number of hydrogen-bond acceptors (Lipinski definition) is 5. The molecule has 0 spiro atoms. The molecule has 1 amide bonds. The lowest BCUT2D eigenvalue weighted by atomic mass is 10.2. The molecular weight excluding hydrogens is 333 g/mol. The summed E-state index contributed by atoms with van der Waals surface area (Å²) in [6.45, 7) is 2.02. The number of nitrogens with zero attached hydrogens (tertiary/aromatic N) is 1. The molecule has 1 aromatic heterocycles. The van der Waals surface area contributed by atoms with E-state index in [1.54, 1.807) is 6.07 Å². The van der Waals surface area contributed by atoms with Crippen LogP contribution in [0.1, 0.15) is 5.56 Å². The Morgan fingerprint density at radius 3 is 2.83 bits per heavy atom. The maximum absolute atomic E-state index is 13.1. The molecule has 118 valence electrons. The zero-order valence-electron chi connectivity index (χ0n) is 12.3. The molecule has 0 saturated carbocycles. The summed E-state index contributed by atoms with van der Waals surface area (Å²) >= 11 is 2.75. The quantitative estimate of drug-likeness (QED) is 0.541. The van der Waals surface area contributed by atoms with Crippen LogP contribution >= 0.6 is 23.1 Å². The number of aryl methyl sites for hydroxylation is 1. The van der Waals surface area contributed by atoms with Crippen LogP contribution in [0.15, 0.2) is 47.4 Å². The Morgan fingerprint density at radius 2 is 2.04 bits per heavy atom. The summed E-state index contributed by atoms with van der Waals surface area (Å²) in [4.78, 5) is 17.2. The Labute approximate surface area is 141 Å². The van der Waals surface area contributed by atoms with Gasteiger partial charge in [-0.3, -0.25) is 15.6 Å². The van der Waals surface area contributed by atoms with Gasteiger partial charge in [0.25, 0.3) is 0 Å². The fourth-order valence-electron chi connectivity index (χ4n) is 1.89. The number of carbonyl (C=O) groups is 1. The third-order valence-corrected chi connectivity index (χ3v) is 5.00. The molecule has 7 heteroatoms. The van der Waals surface area contributed by atoms with Crippen molar-refractivity contribution in [3.05, 3.63) is 53.8 Å². The second kappa shape index (κ2) is 6.97. The van der Waals surface area contributed by atoms with Gasteiger partial charge in [0.15, 0.2) is 0 Å². The van der Waals surface area contributed by atoms with Crippen LogP contribution in [0.2, 0.25) is 0 Å². The molecule has 0 bridgehead atoms. The van der Waals surface area contributed by atoms with E-state index < -0.39 is 0 Å². The predicted octanol–water partition coefficient (Wildman–Crippen LogP) is 3.98. The minimum Gasteiger partial charge on any atom is -0.273 e. The lowest BCUT2D eigenvalue weighted by Gasteiger charge is -2.05. The monoisotopic (exact) mass is 347 g/mol. The van der Waals surface area contributed by atoms with E-state index >= 15 is 0 Å². The van der Waals surface area contributed by atoms with Gasteiger partial charge in [-0.1, -0.05) is 29.0 Å². The van der Waals surface area contributed by atoms with E-state index in [4.69, 9.17) is 0 Å². The summed E-state index contributed by atoms with van der Waals surface area (Å²) in [6.07, 6.45) is 0. The molecule has 0 aliphatic heterocycles. The van der Waals surface area contributed by atoms with Gasteiger partial charge >= 0.3 is 0 Å². The number of amides is 1. The Kier molecular flexibility index (Phi) is 4.78. The number of anilines is 1. The van der Waals surface area contributed by atoms with Gasteiger partial charge < -0.3 is 0 Å². The molecule has 2 N–H and O–H groups in total. The van der Waals surface area contributed by atoms with Crippen LogP contribution in [0.5, 0.6) is 0 Å². The van der Waals surface area contributed by atoms with Crippen molar-refractivity contribution in [2.24, 2.45) is 0 Å². The molecule has 0 atom stereocenters. The lowest BCUT2D eigenvalue weighted by Crippen LogP contribution is -2.30. The van der Waals surface area contributed by atoms with Gasteiger partial charge in [0.2, 0.25) is 11.0 Å². The van der Waals surface area contributed by atoms with Gasteiger partial charge in [0.1, 0.15) is 5.82 Å². The number of carbonyl (C=O) groups excluding carboxylic acids is 1. The van der Waals surface area contributed by atoms with Crippen LogP contribution in [0.25, 0.3) is 10.2 Å². The van der Waals surface area contributed by atoms with E-state index in [1.165, 1.54) is 40.8 Å². The highest BCUT2D eigenvalue weighted by Gasteiger charge is 2.07. The molecule has 0 aliphatic carbocycles. The molecule has 0 unspecified atom stereocenters. The van der Waals surface area contributed by atoms with E-state index in [0.717, 1.165) is 9.60 Å². The first kappa shape index (κ1) is 15.8. The van der Waals surface area contributed by atoms with E-state index in [2.05, 4.69) is 15.8 Å². The smallest absolute Gasteiger partial charge is 0.248 e. The van der Waals surface area contributed by atoms with Crippen molar-refractivity contribution in [1.29, 1.82) is 0 Å². The molecule has 1 heterocycles. The summed E-state index contributed by atoms with van der Waals surface area (Å²) in [5.41, 5.74) is 7.26. The van der Waals surface area contributed by atoms with E-state index in [-0.39, 0.29) is 11.7 Å². The van der Waals surface area contributed by atoms with Crippen molar-refractivity contribution in [2.45, 2.75) is 11.8 Å². The second-order valence-electron chi connectivity index (χ2n) is 4.91. The number of hydrazine groups is 1. The molecule has 2 aromatic carbocycles. The van der Waals surface area contributed by atoms with Gasteiger partial charge in [0.05, 0.1) is 16.0 Å². The molecule has 23 heavy (non-hydrogen) atoms. The summed E-state index contributed by atoms with van der Waals surface area (Å²) in [5, 5.41) is 0.527. The molecule has 3 rings (SSSR count). The van der Waals surface area contributed by atoms with E-state index in [0.29, 0.717) is 16.4 Å². The predicted molar refractivity (Wildman–Crippen MR) is 93.2 cm³/mol. The van der Waals surface area contributed by atoms with Crippen molar-refractivity contribution >= 4 is 44.4 Å². The number of aromatic nitrogens is 1. The van der Waals surface area contributed by atoms with Gasteiger partial charge in [-0.2, -0.15) is 0 Å². The Morgan fingerprint density at radius 1 is 1.26 bits per heavy atom. The first-order valence-electron chi connectivity index (χ1n) is 6.90. The molecule has 3 aromatic rings.